The number of carbonyl (C=O) groups is 2. The van der Waals surface area contributed by atoms with Crippen molar-refractivity contribution in [2.24, 2.45) is 5.92 Å². The van der Waals surface area contributed by atoms with Crippen molar-refractivity contribution in [2.45, 2.75) is 44.2 Å². The summed E-state index contributed by atoms with van der Waals surface area (Å²) in [5, 5.41) is 0. The zero-order chi connectivity index (χ0) is 23.5. The van der Waals surface area contributed by atoms with E-state index in [9.17, 15) is 9.59 Å². The lowest BCUT2D eigenvalue weighted by molar-refractivity contribution is -0.135. The molecule has 7 nitrogen and oxygen atoms in total. The Morgan fingerprint density at radius 3 is 2.59 bits per heavy atom. The number of carbonyl (C=O) groups excluding carboxylic acids is 2. The van der Waals surface area contributed by atoms with E-state index in [0.29, 0.717) is 18.7 Å². The Labute approximate surface area is 201 Å². The fraction of sp³-hybridized carbons (Fsp3) is 0.556. The highest BCUT2D eigenvalue weighted by molar-refractivity contribution is 6.11. The van der Waals surface area contributed by atoms with E-state index < -0.39 is 6.04 Å². The van der Waals surface area contributed by atoms with Crippen LogP contribution in [-0.2, 0) is 19.1 Å². The van der Waals surface area contributed by atoms with E-state index in [4.69, 9.17) is 14.2 Å². The molecule has 1 saturated heterocycles. The molecule has 7 heteroatoms. The fourth-order valence-corrected chi connectivity index (χ4v) is 5.66. The summed E-state index contributed by atoms with van der Waals surface area (Å²) in [6, 6.07) is 7.30. The van der Waals surface area contributed by atoms with Crippen LogP contribution in [0.4, 0.5) is 0 Å². The topological polar surface area (TPSA) is 68.3 Å². The Morgan fingerprint density at radius 1 is 1.06 bits per heavy atom. The predicted molar refractivity (Wildman–Crippen MR) is 127 cm³/mol. The molecule has 182 valence electrons. The molecule has 3 unspecified atom stereocenters. The molecule has 1 amide bonds. The number of amides is 1. The van der Waals surface area contributed by atoms with Crippen LogP contribution in [0, 0.1) is 5.92 Å². The molecule has 3 heterocycles. The molecule has 1 saturated carbocycles. The summed E-state index contributed by atoms with van der Waals surface area (Å²) >= 11 is 0. The summed E-state index contributed by atoms with van der Waals surface area (Å²) in [5.41, 5.74) is 1.47. The highest BCUT2D eigenvalue weighted by Gasteiger charge is 2.51. The summed E-state index contributed by atoms with van der Waals surface area (Å²) in [5.74, 6) is 0.848. The number of hydrogen-bond donors (Lipinski definition) is 0. The van der Waals surface area contributed by atoms with Gasteiger partial charge in [-0.05, 0) is 43.4 Å². The molecule has 4 aliphatic rings. The molecule has 0 aromatic heterocycles. The normalized spacial score (nSPS) is 27.3. The number of hydrogen-bond acceptors (Lipinski definition) is 6. The molecule has 1 aromatic carbocycles. The smallest absolute Gasteiger partial charge is 0.290 e. The van der Waals surface area contributed by atoms with E-state index in [1.54, 1.807) is 6.08 Å². The van der Waals surface area contributed by atoms with Crippen LogP contribution in [0.25, 0.3) is 0 Å². The number of Topliss-reactive ketones (excluding diaryl/α,β-unsaturated/α-hetero) is 1. The first kappa shape index (κ1) is 23.1. The second-order valence-electron chi connectivity index (χ2n) is 9.53. The van der Waals surface area contributed by atoms with Crippen LogP contribution >= 0.6 is 0 Å². The van der Waals surface area contributed by atoms with Crippen molar-refractivity contribution in [3.8, 4) is 5.75 Å². The minimum absolute atomic E-state index is 0.104. The largest absolute Gasteiger partial charge is 0.490 e. The van der Waals surface area contributed by atoms with E-state index in [1.807, 2.05) is 29.2 Å². The SMILES string of the molecule is C=CCOc1ccc(C2C3=C(OC4CCCCC4C3=O)C(=O)N2CCCN2CCOCC2)cc1. The fourth-order valence-electron chi connectivity index (χ4n) is 5.66. The van der Waals surface area contributed by atoms with Gasteiger partial charge in [-0.25, -0.2) is 0 Å². The third-order valence-corrected chi connectivity index (χ3v) is 7.40. The lowest BCUT2D eigenvalue weighted by Gasteiger charge is -2.35. The highest BCUT2D eigenvalue weighted by atomic mass is 16.5. The lowest BCUT2D eigenvalue weighted by atomic mass is 9.77. The van der Waals surface area contributed by atoms with Crippen LogP contribution in [0.3, 0.4) is 0 Å². The summed E-state index contributed by atoms with van der Waals surface area (Å²) in [4.78, 5) is 31.4. The van der Waals surface area contributed by atoms with Crippen molar-refractivity contribution >= 4 is 11.7 Å². The van der Waals surface area contributed by atoms with Gasteiger partial charge in [0.15, 0.2) is 11.5 Å². The Kier molecular flexibility index (Phi) is 7.02. The van der Waals surface area contributed by atoms with Crippen LogP contribution < -0.4 is 4.74 Å². The second kappa shape index (κ2) is 10.3. The third kappa shape index (κ3) is 4.51. The van der Waals surface area contributed by atoms with Crippen LogP contribution in [0.1, 0.15) is 43.7 Å². The van der Waals surface area contributed by atoms with Gasteiger partial charge in [0, 0.05) is 26.2 Å². The van der Waals surface area contributed by atoms with Crippen LogP contribution in [0.15, 0.2) is 48.3 Å². The van der Waals surface area contributed by atoms with Crippen LogP contribution in [0.5, 0.6) is 5.75 Å². The van der Waals surface area contributed by atoms with Crippen LogP contribution in [0.2, 0.25) is 0 Å². The van der Waals surface area contributed by atoms with Crippen molar-refractivity contribution < 1.29 is 23.8 Å². The van der Waals surface area contributed by atoms with Gasteiger partial charge >= 0.3 is 0 Å². The lowest BCUT2D eigenvalue weighted by Crippen LogP contribution is -2.39. The van der Waals surface area contributed by atoms with Crippen molar-refractivity contribution in [2.75, 3.05) is 46.0 Å². The van der Waals surface area contributed by atoms with Gasteiger partial charge in [0.25, 0.3) is 5.91 Å². The molecular formula is C27H34N2O5. The number of benzene rings is 1. The maximum Gasteiger partial charge on any atom is 0.290 e. The molecule has 1 aromatic rings. The van der Waals surface area contributed by atoms with Gasteiger partial charge in [-0.2, -0.15) is 0 Å². The number of ether oxygens (including phenoxy) is 3. The maximum atomic E-state index is 13.7. The average molecular weight is 467 g/mol. The third-order valence-electron chi connectivity index (χ3n) is 7.40. The Morgan fingerprint density at radius 2 is 1.82 bits per heavy atom. The molecule has 1 aliphatic carbocycles. The van der Waals surface area contributed by atoms with Gasteiger partial charge < -0.3 is 19.1 Å². The Balaban J connectivity index is 1.40. The molecule has 2 fully saturated rings. The standard InChI is InChI=1S/C27H34N2O5/c1-2-16-33-20-10-8-19(9-11-20)24-23-25(30)21-6-3-4-7-22(21)34-26(23)27(31)29(24)13-5-12-28-14-17-32-18-15-28/h2,8-11,21-22,24H,1,3-7,12-18H2. The summed E-state index contributed by atoms with van der Waals surface area (Å²) in [7, 11) is 0. The van der Waals surface area contributed by atoms with Gasteiger partial charge in [0.2, 0.25) is 0 Å². The van der Waals surface area contributed by atoms with E-state index in [0.717, 1.165) is 76.3 Å². The van der Waals surface area contributed by atoms with Crippen molar-refractivity contribution in [1.82, 2.24) is 9.80 Å². The molecule has 0 spiro atoms. The molecule has 3 aliphatic heterocycles. The summed E-state index contributed by atoms with van der Waals surface area (Å²) < 4.78 is 17.3. The first-order valence-corrected chi connectivity index (χ1v) is 12.6. The van der Waals surface area contributed by atoms with Crippen LogP contribution in [-0.4, -0.2) is 73.6 Å². The van der Waals surface area contributed by atoms with Crippen molar-refractivity contribution in [3.63, 3.8) is 0 Å². The number of ketones is 1. The van der Waals surface area contributed by atoms with Gasteiger partial charge in [-0.1, -0.05) is 31.2 Å². The molecular weight excluding hydrogens is 432 g/mol. The number of fused-ring (bicyclic) bond motifs is 1. The van der Waals surface area contributed by atoms with E-state index in [-0.39, 0.29) is 29.5 Å². The minimum atomic E-state index is -0.406. The first-order chi connectivity index (χ1) is 16.7. The molecule has 0 radical (unpaired) electrons. The van der Waals surface area contributed by atoms with E-state index >= 15 is 0 Å². The molecule has 3 atom stereocenters. The number of nitrogens with zero attached hydrogens (tertiary/aromatic N) is 2. The average Bonchev–Trinajstić information content (AvgIpc) is 3.15. The number of morpholine rings is 1. The van der Waals surface area contributed by atoms with Crippen molar-refractivity contribution in [1.29, 1.82) is 0 Å². The van der Waals surface area contributed by atoms with Gasteiger partial charge in [0.1, 0.15) is 18.5 Å². The van der Waals surface area contributed by atoms with E-state index in [2.05, 4.69) is 11.5 Å². The first-order valence-electron chi connectivity index (χ1n) is 12.6. The zero-order valence-corrected chi connectivity index (χ0v) is 19.7. The van der Waals surface area contributed by atoms with Crippen molar-refractivity contribution in [3.05, 3.63) is 53.8 Å². The Hall–Kier alpha value is -2.64. The summed E-state index contributed by atoms with van der Waals surface area (Å²) in [6.07, 6.45) is 6.15. The monoisotopic (exact) mass is 466 g/mol. The summed E-state index contributed by atoms with van der Waals surface area (Å²) in [6.45, 7) is 8.95. The van der Waals surface area contributed by atoms with Gasteiger partial charge in [-0.15, -0.1) is 0 Å². The maximum absolute atomic E-state index is 13.7. The van der Waals surface area contributed by atoms with Gasteiger partial charge in [0.05, 0.1) is 30.7 Å². The quantitative estimate of drug-likeness (QED) is 0.548. The molecule has 0 N–H and O–H groups in total. The zero-order valence-electron chi connectivity index (χ0n) is 19.7. The molecule has 34 heavy (non-hydrogen) atoms. The predicted octanol–water partition coefficient (Wildman–Crippen LogP) is 3.27. The number of rotatable bonds is 8. The molecule has 0 bridgehead atoms. The highest BCUT2D eigenvalue weighted by Crippen LogP contribution is 2.46. The molecule has 5 rings (SSSR count). The van der Waals surface area contributed by atoms with E-state index in [1.165, 1.54) is 0 Å². The minimum Gasteiger partial charge on any atom is -0.490 e. The Bertz CT molecular complexity index is 950. The second-order valence-corrected chi connectivity index (χ2v) is 9.53. The van der Waals surface area contributed by atoms with Gasteiger partial charge in [-0.3, -0.25) is 14.5 Å².